The Hall–Kier alpha value is -1.62. The SMILES string of the molecule is CNC1CCCN(c2ccc(C(N)=O)cc2F)C1. The van der Waals surface area contributed by atoms with Crippen LogP contribution in [-0.2, 0) is 0 Å². The van der Waals surface area contributed by atoms with Crippen LogP contribution in [0, 0.1) is 5.82 Å². The highest BCUT2D eigenvalue weighted by Crippen LogP contribution is 2.24. The molecule has 18 heavy (non-hydrogen) atoms. The normalized spacial score (nSPS) is 19.9. The molecule has 5 heteroatoms. The van der Waals surface area contributed by atoms with E-state index in [1.165, 1.54) is 6.07 Å². The summed E-state index contributed by atoms with van der Waals surface area (Å²) in [5, 5.41) is 3.21. The van der Waals surface area contributed by atoms with Crippen LogP contribution < -0.4 is 16.0 Å². The minimum Gasteiger partial charge on any atom is -0.368 e. The second kappa shape index (κ2) is 5.35. The average molecular weight is 251 g/mol. The monoisotopic (exact) mass is 251 g/mol. The van der Waals surface area contributed by atoms with Crippen LogP contribution in [0.2, 0.25) is 0 Å². The highest BCUT2D eigenvalue weighted by molar-refractivity contribution is 5.93. The molecular weight excluding hydrogens is 233 g/mol. The Morgan fingerprint density at radius 3 is 2.94 bits per heavy atom. The van der Waals surface area contributed by atoms with Crippen LogP contribution in [0.25, 0.3) is 0 Å². The van der Waals surface area contributed by atoms with Crippen molar-refractivity contribution in [1.82, 2.24) is 5.32 Å². The summed E-state index contributed by atoms with van der Waals surface area (Å²) in [4.78, 5) is 13.0. The third-order valence-corrected chi connectivity index (χ3v) is 3.40. The van der Waals surface area contributed by atoms with Crippen molar-refractivity contribution in [3.63, 3.8) is 0 Å². The van der Waals surface area contributed by atoms with Gasteiger partial charge in [-0.05, 0) is 38.1 Å². The Bertz CT molecular complexity index is 450. The van der Waals surface area contributed by atoms with E-state index in [-0.39, 0.29) is 11.4 Å². The molecule has 1 atom stereocenters. The van der Waals surface area contributed by atoms with Crippen molar-refractivity contribution < 1.29 is 9.18 Å². The van der Waals surface area contributed by atoms with Gasteiger partial charge in [-0.1, -0.05) is 0 Å². The second-order valence-corrected chi connectivity index (χ2v) is 4.60. The summed E-state index contributed by atoms with van der Waals surface area (Å²) in [6, 6.07) is 4.80. The molecule has 98 valence electrons. The molecule has 0 bridgehead atoms. The first-order valence-corrected chi connectivity index (χ1v) is 6.13. The number of benzene rings is 1. The minimum absolute atomic E-state index is 0.207. The van der Waals surface area contributed by atoms with Gasteiger partial charge in [-0.25, -0.2) is 4.39 Å². The molecule has 1 fully saturated rings. The third kappa shape index (κ3) is 2.61. The largest absolute Gasteiger partial charge is 0.368 e. The molecule has 1 heterocycles. The number of primary amides is 1. The fraction of sp³-hybridized carbons (Fsp3) is 0.462. The Balaban J connectivity index is 2.20. The molecule has 1 amide bonds. The van der Waals surface area contributed by atoms with E-state index in [0.29, 0.717) is 11.7 Å². The molecule has 0 aliphatic carbocycles. The van der Waals surface area contributed by atoms with Crippen molar-refractivity contribution in [3.8, 4) is 0 Å². The lowest BCUT2D eigenvalue weighted by Gasteiger charge is -2.34. The zero-order chi connectivity index (χ0) is 13.1. The Kier molecular flexibility index (Phi) is 3.81. The van der Waals surface area contributed by atoms with Crippen LogP contribution in [0.4, 0.5) is 10.1 Å². The molecule has 1 unspecified atom stereocenters. The zero-order valence-electron chi connectivity index (χ0n) is 10.4. The summed E-state index contributed by atoms with van der Waals surface area (Å²) in [6.07, 6.45) is 2.14. The third-order valence-electron chi connectivity index (χ3n) is 3.40. The van der Waals surface area contributed by atoms with E-state index < -0.39 is 5.91 Å². The maximum absolute atomic E-state index is 14.0. The number of nitrogens with two attached hydrogens (primary N) is 1. The molecule has 0 radical (unpaired) electrons. The van der Waals surface area contributed by atoms with Crippen LogP contribution in [0.3, 0.4) is 0 Å². The van der Waals surface area contributed by atoms with Gasteiger partial charge >= 0.3 is 0 Å². The smallest absolute Gasteiger partial charge is 0.248 e. The molecule has 4 nitrogen and oxygen atoms in total. The Morgan fingerprint density at radius 1 is 1.56 bits per heavy atom. The maximum Gasteiger partial charge on any atom is 0.248 e. The number of rotatable bonds is 3. The van der Waals surface area contributed by atoms with E-state index in [2.05, 4.69) is 5.32 Å². The van der Waals surface area contributed by atoms with Crippen LogP contribution in [-0.4, -0.2) is 32.1 Å². The topological polar surface area (TPSA) is 58.4 Å². The van der Waals surface area contributed by atoms with Crippen LogP contribution in [0.1, 0.15) is 23.2 Å². The number of amides is 1. The zero-order valence-corrected chi connectivity index (χ0v) is 10.4. The highest BCUT2D eigenvalue weighted by atomic mass is 19.1. The van der Waals surface area contributed by atoms with Gasteiger partial charge in [0.05, 0.1) is 5.69 Å². The van der Waals surface area contributed by atoms with E-state index in [0.717, 1.165) is 25.9 Å². The van der Waals surface area contributed by atoms with E-state index in [1.807, 2.05) is 11.9 Å². The van der Waals surface area contributed by atoms with Crippen LogP contribution in [0.5, 0.6) is 0 Å². The average Bonchev–Trinajstić information content (AvgIpc) is 2.38. The highest BCUT2D eigenvalue weighted by Gasteiger charge is 2.21. The van der Waals surface area contributed by atoms with Crippen LogP contribution >= 0.6 is 0 Å². The van der Waals surface area contributed by atoms with Crippen molar-refractivity contribution in [2.24, 2.45) is 5.73 Å². The van der Waals surface area contributed by atoms with Gasteiger partial charge in [0.2, 0.25) is 5.91 Å². The molecule has 0 saturated carbocycles. The molecule has 1 aromatic carbocycles. The number of nitrogens with one attached hydrogen (secondary N) is 1. The molecule has 1 saturated heterocycles. The van der Waals surface area contributed by atoms with Crippen molar-refractivity contribution >= 4 is 11.6 Å². The molecular formula is C13H18FN3O. The number of anilines is 1. The molecule has 0 aromatic heterocycles. The van der Waals surface area contributed by atoms with Gasteiger partial charge in [0.25, 0.3) is 0 Å². The van der Waals surface area contributed by atoms with Gasteiger partial charge in [0, 0.05) is 24.7 Å². The molecule has 1 aliphatic rings. The Labute approximate surface area is 106 Å². The number of nitrogens with zero attached hydrogens (tertiary/aromatic N) is 1. The fourth-order valence-corrected chi connectivity index (χ4v) is 2.35. The van der Waals surface area contributed by atoms with E-state index in [4.69, 9.17) is 5.73 Å². The van der Waals surface area contributed by atoms with Crippen molar-refractivity contribution in [2.45, 2.75) is 18.9 Å². The maximum atomic E-state index is 14.0. The predicted molar refractivity (Wildman–Crippen MR) is 69.2 cm³/mol. The van der Waals surface area contributed by atoms with E-state index >= 15 is 0 Å². The number of likely N-dealkylation sites (N-methyl/N-ethyl adjacent to an activating group) is 1. The number of hydrogen-bond acceptors (Lipinski definition) is 3. The standard InChI is InChI=1S/C13H18FN3O/c1-16-10-3-2-6-17(8-10)12-5-4-9(13(15)18)7-11(12)14/h4-5,7,10,16H,2-3,6,8H2,1H3,(H2,15,18). The van der Waals surface area contributed by atoms with Crippen molar-refractivity contribution in [3.05, 3.63) is 29.6 Å². The quantitative estimate of drug-likeness (QED) is 0.846. The number of halogens is 1. The summed E-state index contributed by atoms with van der Waals surface area (Å²) in [5.41, 5.74) is 5.87. The minimum atomic E-state index is -0.604. The molecule has 1 aromatic rings. The summed E-state index contributed by atoms with van der Waals surface area (Å²) in [6.45, 7) is 1.62. The van der Waals surface area contributed by atoms with E-state index in [1.54, 1.807) is 12.1 Å². The molecule has 1 aliphatic heterocycles. The second-order valence-electron chi connectivity index (χ2n) is 4.60. The lowest BCUT2D eigenvalue weighted by Crippen LogP contribution is -2.44. The molecule has 3 N–H and O–H groups in total. The number of hydrogen-bond donors (Lipinski definition) is 2. The van der Waals surface area contributed by atoms with Gasteiger partial charge in [-0.3, -0.25) is 4.79 Å². The van der Waals surface area contributed by atoms with Crippen LogP contribution in [0.15, 0.2) is 18.2 Å². The fourth-order valence-electron chi connectivity index (χ4n) is 2.35. The van der Waals surface area contributed by atoms with Crippen molar-refractivity contribution in [2.75, 3.05) is 25.0 Å². The summed E-state index contributed by atoms with van der Waals surface area (Å²) in [5.74, 6) is -0.991. The van der Waals surface area contributed by atoms with Gasteiger partial charge in [0.1, 0.15) is 5.82 Å². The lowest BCUT2D eigenvalue weighted by molar-refractivity contribution is 0.1000. The first-order valence-electron chi connectivity index (χ1n) is 6.13. The summed E-state index contributed by atoms with van der Waals surface area (Å²) in [7, 11) is 1.92. The Morgan fingerprint density at radius 2 is 2.33 bits per heavy atom. The van der Waals surface area contributed by atoms with Gasteiger partial charge in [0.15, 0.2) is 0 Å². The van der Waals surface area contributed by atoms with Gasteiger partial charge in [-0.2, -0.15) is 0 Å². The number of carbonyl (C=O) groups is 1. The number of piperidine rings is 1. The van der Waals surface area contributed by atoms with E-state index in [9.17, 15) is 9.18 Å². The first-order chi connectivity index (χ1) is 8.61. The molecule has 2 rings (SSSR count). The number of carbonyl (C=O) groups excluding carboxylic acids is 1. The van der Waals surface area contributed by atoms with Gasteiger partial charge < -0.3 is 16.0 Å². The lowest BCUT2D eigenvalue weighted by atomic mass is 10.0. The first kappa shape index (κ1) is 12.8. The van der Waals surface area contributed by atoms with Crippen molar-refractivity contribution in [1.29, 1.82) is 0 Å². The summed E-state index contributed by atoms with van der Waals surface area (Å²) < 4.78 is 14.0. The van der Waals surface area contributed by atoms with Gasteiger partial charge in [-0.15, -0.1) is 0 Å². The predicted octanol–water partition coefficient (Wildman–Crippen LogP) is 1.11. The summed E-state index contributed by atoms with van der Waals surface area (Å²) >= 11 is 0. The molecule has 0 spiro atoms.